The molecule has 0 unspecified atom stereocenters. The second kappa shape index (κ2) is 1.81. The van der Waals surface area contributed by atoms with Crippen LogP contribution in [0.5, 0.6) is 0 Å². The van der Waals surface area contributed by atoms with Crippen molar-refractivity contribution in [2.45, 2.75) is 6.92 Å². The Morgan fingerprint density at radius 1 is 1.62 bits per heavy atom. The minimum atomic E-state index is 0.813. The zero-order chi connectivity index (χ0) is 5.98. The van der Waals surface area contributed by atoms with Gasteiger partial charge in [-0.1, -0.05) is 5.10 Å². The quantitative estimate of drug-likeness (QED) is 0.403. The Bertz CT molecular complexity index is 164. The minimum Gasteiger partial charge on any atom is -0.134 e. The van der Waals surface area contributed by atoms with Crippen molar-refractivity contribution in [1.29, 1.82) is 0 Å². The molecule has 0 aromatic carbocycles. The van der Waals surface area contributed by atoms with E-state index in [2.05, 4.69) is 15.3 Å². The van der Waals surface area contributed by atoms with Gasteiger partial charge in [0.1, 0.15) is 7.05 Å². The number of rotatable bonds is 0. The largest absolute Gasteiger partial charge is 0.343 e. The van der Waals surface area contributed by atoms with Crippen molar-refractivity contribution < 1.29 is 4.68 Å². The van der Waals surface area contributed by atoms with Gasteiger partial charge in [-0.2, -0.15) is 0 Å². The van der Waals surface area contributed by atoms with E-state index >= 15 is 0 Å². The molecule has 4 nitrogen and oxygen atoms in total. The number of hydrogen-bond acceptors (Lipinski definition) is 3. The molecule has 0 aliphatic carbocycles. The summed E-state index contributed by atoms with van der Waals surface area (Å²) in [4.78, 5) is 0. The summed E-state index contributed by atoms with van der Waals surface area (Å²) >= 11 is 0. The summed E-state index contributed by atoms with van der Waals surface area (Å²) in [7, 11) is 1.82. The highest BCUT2D eigenvalue weighted by Gasteiger charge is 1.98. The molecule has 0 atom stereocenters. The van der Waals surface area contributed by atoms with Crippen molar-refractivity contribution in [2.24, 2.45) is 7.05 Å². The lowest BCUT2D eigenvalue weighted by Gasteiger charge is -1.82. The molecule has 0 fully saturated rings. The molecule has 0 radical (unpaired) electrons. The average Bonchev–Trinajstić information content (AvgIpc) is 1.77. The topological polar surface area (TPSA) is 42.6 Å². The second-order valence-corrected chi connectivity index (χ2v) is 1.52. The first-order chi connectivity index (χ1) is 3.80. The second-order valence-electron chi connectivity index (χ2n) is 1.52. The molecular weight excluding hydrogens is 104 g/mol. The highest BCUT2D eigenvalue weighted by Crippen LogP contribution is 1.67. The van der Waals surface area contributed by atoms with Gasteiger partial charge >= 0.3 is 5.82 Å². The van der Waals surface area contributed by atoms with E-state index in [9.17, 15) is 0 Å². The van der Waals surface area contributed by atoms with Crippen molar-refractivity contribution in [3.8, 4) is 0 Å². The number of nitrogens with zero attached hydrogens (tertiary/aromatic N) is 4. The maximum atomic E-state index is 3.82. The van der Waals surface area contributed by atoms with E-state index in [1.54, 1.807) is 4.68 Å². The lowest BCUT2D eigenvalue weighted by atomic mass is 10.7. The van der Waals surface area contributed by atoms with E-state index < -0.39 is 0 Å². The zero-order valence-corrected chi connectivity index (χ0v) is 4.87. The summed E-state index contributed by atoms with van der Waals surface area (Å²) in [6.07, 6.45) is 1.41. The molecule has 0 N–H and O–H groups in total. The number of hydrogen-bond donors (Lipinski definition) is 0. The van der Waals surface area contributed by atoms with E-state index in [4.69, 9.17) is 0 Å². The van der Waals surface area contributed by atoms with E-state index in [0.29, 0.717) is 0 Å². The van der Waals surface area contributed by atoms with Crippen LogP contribution in [0.25, 0.3) is 0 Å². The zero-order valence-electron chi connectivity index (χ0n) is 4.87. The Labute approximate surface area is 47.2 Å². The highest BCUT2D eigenvalue weighted by molar-refractivity contribution is 4.55. The summed E-state index contributed by atoms with van der Waals surface area (Å²) < 4.78 is 1.66. The van der Waals surface area contributed by atoms with Crippen molar-refractivity contribution in [2.75, 3.05) is 0 Å². The fraction of sp³-hybridized carbons (Fsp3) is 0.500. The molecular formula is C4H7N4+. The van der Waals surface area contributed by atoms with Crippen LogP contribution in [0.15, 0.2) is 6.33 Å². The van der Waals surface area contributed by atoms with Gasteiger partial charge in [-0.3, -0.25) is 0 Å². The van der Waals surface area contributed by atoms with Gasteiger partial charge in [-0.25, -0.2) is 0 Å². The monoisotopic (exact) mass is 111 g/mol. The fourth-order valence-corrected chi connectivity index (χ4v) is 0.358. The molecule has 0 saturated carbocycles. The standard InChI is InChI=1S/C4H7N4/c1-4-7-5-3-6-8(4)2/h3H,1-2H3/q+1. The number of aryl methyl sites for hydroxylation is 2. The molecule has 0 aliphatic heterocycles. The molecule has 0 amide bonds. The summed E-state index contributed by atoms with van der Waals surface area (Å²) in [6.45, 7) is 1.85. The van der Waals surface area contributed by atoms with Crippen molar-refractivity contribution in [3.63, 3.8) is 0 Å². The Morgan fingerprint density at radius 2 is 2.38 bits per heavy atom. The maximum Gasteiger partial charge on any atom is 0.343 e. The molecule has 0 aliphatic rings. The SMILES string of the molecule is Cc1nncn[n+]1C. The van der Waals surface area contributed by atoms with Gasteiger partial charge in [0.25, 0.3) is 0 Å². The maximum absolute atomic E-state index is 3.82. The van der Waals surface area contributed by atoms with Gasteiger partial charge in [0.05, 0.1) is 5.10 Å². The van der Waals surface area contributed by atoms with E-state index in [0.717, 1.165) is 5.82 Å². The van der Waals surface area contributed by atoms with Gasteiger partial charge in [0.2, 0.25) is 6.33 Å². The molecule has 1 aromatic heterocycles. The van der Waals surface area contributed by atoms with E-state index in [1.165, 1.54) is 6.33 Å². The Balaban J connectivity index is 3.13. The molecule has 8 heavy (non-hydrogen) atoms. The predicted octanol–water partition coefficient (Wildman–Crippen LogP) is -0.995. The third kappa shape index (κ3) is 0.776. The molecule has 42 valence electrons. The van der Waals surface area contributed by atoms with Gasteiger partial charge in [-0.05, 0) is 5.10 Å². The van der Waals surface area contributed by atoms with Gasteiger partial charge < -0.3 is 0 Å². The lowest BCUT2D eigenvalue weighted by molar-refractivity contribution is -0.740. The first kappa shape index (κ1) is 5.08. The third-order valence-electron chi connectivity index (χ3n) is 0.947. The van der Waals surface area contributed by atoms with Crippen LogP contribution in [0.3, 0.4) is 0 Å². The molecule has 0 spiro atoms. The Hall–Kier alpha value is -1.06. The van der Waals surface area contributed by atoms with Crippen LogP contribution in [0.2, 0.25) is 0 Å². The summed E-state index contributed by atoms with van der Waals surface area (Å²) in [6, 6.07) is 0. The predicted molar refractivity (Wildman–Crippen MR) is 25.7 cm³/mol. The normalized spacial score (nSPS) is 9.25. The van der Waals surface area contributed by atoms with Crippen LogP contribution >= 0.6 is 0 Å². The van der Waals surface area contributed by atoms with Crippen LogP contribution in [-0.4, -0.2) is 15.3 Å². The molecule has 4 heteroatoms. The molecule has 1 heterocycles. The van der Waals surface area contributed by atoms with Crippen LogP contribution < -0.4 is 4.68 Å². The molecule has 1 rings (SSSR count). The fourth-order valence-electron chi connectivity index (χ4n) is 0.358. The number of aromatic nitrogens is 4. The summed E-state index contributed by atoms with van der Waals surface area (Å²) in [5.74, 6) is 0.813. The third-order valence-corrected chi connectivity index (χ3v) is 0.947. The van der Waals surface area contributed by atoms with Crippen molar-refractivity contribution >= 4 is 0 Å². The van der Waals surface area contributed by atoms with Crippen molar-refractivity contribution in [1.82, 2.24) is 15.3 Å². The highest BCUT2D eigenvalue weighted by atomic mass is 15.3. The van der Waals surface area contributed by atoms with E-state index in [1.807, 2.05) is 14.0 Å². The smallest absolute Gasteiger partial charge is 0.134 e. The Morgan fingerprint density at radius 3 is 2.75 bits per heavy atom. The summed E-state index contributed by atoms with van der Waals surface area (Å²) in [5, 5.41) is 11.1. The first-order valence-electron chi connectivity index (χ1n) is 2.31. The van der Waals surface area contributed by atoms with Crippen LogP contribution in [-0.2, 0) is 7.05 Å². The minimum absolute atomic E-state index is 0.813. The van der Waals surface area contributed by atoms with Crippen molar-refractivity contribution in [3.05, 3.63) is 12.2 Å². The lowest BCUT2D eigenvalue weighted by Crippen LogP contribution is -2.37. The Kier molecular flexibility index (Phi) is 1.15. The molecule has 1 aromatic rings. The van der Waals surface area contributed by atoms with Gasteiger partial charge in [-0.15, -0.1) is 4.68 Å². The molecule has 0 bridgehead atoms. The first-order valence-corrected chi connectivity index (χ1v) is 2.31. The van der Waals surface area contributed by atoms with Crippen LogP contribution in [0.4, 0.5) is 0 Å². The van der Waals surface area contributed by atoms with E-state index in [-0.39, 0.29) is 0 Å². The molecule has 0 saturated heterocycles. The van der Waals surface area contributed by atoms with Crippen LogP contribution in [0.1, 0.15) is 5.82 Å². The van der Waals surface area contributed by atoms with Crippen LogP contribution in [0, 0.1) is 6.92 Å². The average molecular weight is 111 g/mol. The van der Waals surface area contributed by atoms with Gasteiger partial charge in [0.15, 0.2) is 0 Å². The van der Waals surface area contributed by atoms with Gasteiger partial charge in [0, 0.05) is 6.92 Å². The summed E-state index contributed by atoms with van der Waals surface area (Å²) in [5.41, 5.74) is 0.